The summed E-state index contributed by atoms with van der Waals surface area (Å²) < 4.78 is 0. The Bertz CT molecular complexity index is 186. The lowest BCUT2D eigenvalue weighted by Crippen LogP contribution is -2.44. The monoisotopic (exact) mass is 153 g/mol. The average Bonchev–Trinajstić information content (AvgIpc) is 2.40. The number of nitrogens with one attached hydrogen (secondary N) is 1. The van der Waals surface area contributed by atoms with E-state index in [-0.39, 0.29) is 5.96 Å². The Hall–Kier alpha value is -1.28. The summed E-state index contributed by atoms with van der Waals surface area (Å²) in [6.07, 6.45) is 3.96. The van der Waals surface area contributed by atoms with Gasteiger partial charge in [0.25, 0.3) is 0 Å². The topological polar surface area (TPSA) is 77.4 Å². The smallest absolute Gasteiger partial charge is 0.219 e. The van der Waals surface area contributed by atoms with E-state index in [1.54, 1.807) is 6.19 Å². The van der Waals surface area contributed by atoms with Gasteiger partial charge in [-0.3, -0.25) is 5.43 Å². The summed E-state index contributed by atoms with van der Waals surface area (Å²) in [7, 11) is 0. The van der Waals surface area contributed by atoms with Crippen LogP contribution < -0.4 is 11.2 Å². The maximum atomic E-state index is 8.13. The van der Waals surface area contributed by atoms with Gasteiger partial charge in [0, 0.05) is 13.1 Å². The van der Waals surface area contributed by atoms with Crippen LogP contribution in [0.5, 0.6) is 0 Å². The molecular formula is C6H11N5. The Kier molecular flexibility index (Phi) is 2.69. The first-order valence-corrected chi connectivity index (χ1v) is 3.57. The second kappa shape index (κ2) is 3.78. The first kappa shape index (κ1) is 7.82. The molecule has 3 N–H and O–H groups in total. The number of hydrazine groups is 1. The summed E-state index contributed by atoms with van der Waals surface area (Å²) in [4.78, 5) is 3.34. The van der Waals surface area contributed by atoms with Crippen LogP contribution in [-0.4, -0.2) is 24.1 Å². The fourth-order valence-electron chi connectivity index (χ4n) is 1.07. The Morgan fingerprint density at radius 3 is 2.73 bits per heavy atom. The van der Waals surface area contributed by atoms with Crippen molar-refractivity contribution in [3.8, 4) is 6.19 Å². The lowest BCUT2D eigenvalue weighted by Gasteiger charge is -2.15. The highest BCUT2D eigenvalue weighted by molar-refractivity contribution is 5.78. The third-order valence-electron chi connectivity index (χ3n) is 1.55. The molecule has 0 aromatic carbocycles. The van der Waals surface area contributed by atoms with Crippen LogP contribution in [0, 0.1) is 11.5 Å². The van der Waals surface area contributed by atoms with Gasteiger partial charge in [0.2, 0.25) is 12.2 Å². The summed E-state index contributed by atoms with van der Waals surface area (Å²) in [5, 5.41) is 10.1. The van der Waals surface area contributed by atoms with E-state index < -0.39 is 0 Å². The molecule has 0 spiro atoms. The minimum atomic E-state index is 0.175. The number of nitrogens with zero attached hydrogens (tertiary/aromatic N) is 3. The standard InChI is InChI=1S/C6H11N5/c7-5-9-6(8)10-11-3-1-2-4-11/h1-4H2,(H3,8,9,10). The van der Waals surface area contributed by atoms with Gasteiger partial charge in [-0.15, -0.1) is 4.99 Å². The molecule has 1 rings (SSSR count). The molecule has 1 aliphatic rings. The Labute approximate surface area is 65.5 Å². The molecule has 1 fully saturated rings. The normalized spacial score (nSPS) is 19.7. The molecule has 0 radical (unpaired) electrons. The van der Waals surface area contributed by atoms with Crippen molar-refractivity contribution >= 4 is 5.96 Å². The number of guanidine groups is 1. The summed E-state index contributed by atoms with van der Waals surface area (Å²) in [6, 6.07) is 0. The predicted molar refractivity (Wildman–Crippen MR) is 41.2 cm³/mol. The van der Waals surface area contributed by atoms with Crippen LogP contribution in [0.25, 0.3) is 0 Å². The Balaban J connectivity index is 2.30. The zero-order chi connectivity index (χ0) is 8.10. The van der Waals surface area contributed by atoms with Gasteiger partial charge in [-0.2, -0.15) is 5.26 Å². The fourth-order valence-corrected chi connectivity index (χ4v) is 1.07. The van der Waals surface area contributed by atoms with E-state index in [1.807, 2.05) is 5.01 Å². The molecule has 0 amide bonds. The second-order valence-corrected chi connectivity index (χ2v) is 2.40. The maximum absolute atomic E-state index is 8.13. The van der Waals surface area contributed by atoms with Crippen LogP contribution in [0.4, 0.5) is 0 Å². The van der Waals surface area contributed by atoms with Crippen molar-refractivity contribution in [2.24, 2.45) is 10.7 Å². The zero-order valence-corrected chi connectivity index (χ0v) is 6.25. The third-order valence-corrected chi connectivity index (χ3v) is 1.55. The lowest BCUT2D eigenvalue weighted by molar-refractivity contribution is 0.294. The molecule has 1 aliphatic heterocycles. The molecule has 0 aromatic rings. The summed E-state index contributed by atoms with van der Waals surface area (Å²) >= 11 is 0. The highest BCUT2D eigenvalue weighted by Gasteiger charge is 2.10. The molecule has 0 saturated carbocycles. The Morgan fingerprint density at radius 2 is 2.18 bits per heavy atom. The zero-order valence-electron chi connectivity index (χ0n) is 6.25. The van der Waals surface area contributed by atoms with E-state index >= 15 is 0 Å². The molecule has 0 unspecified atom stereocenters. The molecule has 11 heavy (non-hydrogen) atoms. The van der Waals surface area contributed by atoms with E-state index in [1.165, 1.54) is 12.8 Å². The maximum Gasteiger partial charge on any atom is 0.219 e. The number of hydrogen-bond donors (Lipinski definition) is 2. The number of rotatable bonds is 1. The van der Waals surface area contributed by atoms with Gasteiger partial charge < -0.3 is 5.73 Å². The van der Waals surface area contributed by atoms with Crippen LogP contribution >= 0.6 is 0 Å². The fraction of sp³-hybridized carbons (Fsp3) is 0.667. The molecule has 1 saturated heterocycles. The van der Waals surface area contributed by atoms with E-state index in [9.17, 15) is 0 Å². The molecule has 5 nitrogen and oxygen atoms in total. The van der Waals surface area contributed by atoms with Crippen molar-refractivity contribution in [3.05, 3.63) is 0 Å². The largest absolute Gasteiger partial charge is 0.368 e. The third kappa shape index (κ3) is 2.43. The molecule has 5 heteroatoms. The highest BCUT2D eigenvalue weighted by atomic mass is 15.5. The minimum Gasteiger partial charge on any atom is -0.368 e. The van der Waals surface area contributed by atoms with Crippen LogP contribution in [-0.2, 0) is 0 Å². The molecule has 0 aromatic heterocycles. The van der Waals surface area contributed by atoms with Crippen LogP contribution in [0.3, 0.4) is 0 Å². The average molecular weight is 153 g/mol. The number of hydrogen-bond acceptors (Lipinski definition) is 3. The van der Waals surface area contributed by atoms with Crippen LogP contribution in [0.15, 0.2) is 4.99 Å². The molecule has 0 atom stereocenters. The number of aliphatic imine (C=N–C) groups is 1. The summed E-state index contributed by atoms with van der Waals surface area (Å²) in [5.74, 6) is 0.175. The van der Waals surface area contributed by atoms with Gasteiger partial charge >= 0.3 is 0 Å². The van der Waals surface area contributed by atoms with E-state index in [0.717, 1.165) is 13.1 Å². The first-order chi connectivity index (χ1) is 5.33. The van der Waals surface area contributed by atoms with E-state index in [0.29, 0.717) is 0 Å². The molecule has 0 bridgehead atoms. The van der Waals surface area contributed by atoms with Gasteiger partial charge in [-0.1, -0.05) is 0 Å². The quantitative estimate of drug-likeness (QED) is 0.299. The molecule has 0 aliphatic carbocycles. The minimum absolute atomic E-state index is 0.175. The number of nitriles is 1. The van der Waals surface area contributed by atoms with Gasteiger partial charge in [-0.05, 0) is 12.8 Å². The van der Waals surface area contributed by atoms with Crippen molar-refractivity contribution in [1.82, 2.24) is 10.4 Å². The van der Waals surface area contributed by atoms with Gasteiger partial charge in [0.1, 0.15) is 0 Å². The van der Waals surface area contributed by atoms with Crippen LogP contribution in [0.2, 0.25) is 0 Å². The lowest BCUT2D eigenvalue weighted by atomic mass is 10.4. The second-order valence-electron chi connectivity index (χ2n) is 2.40. The van der Waals surface area contributed by atoms with Gasteiger partial charge in [0.05, 0.1) is 0 Å². The predicted octanol–water partition coefficient (Wildman–Crippen LogP) is -0.617. The highest BCUT2D eigenvalue weighted by Crippen LogP contribution is 2.02. The number of nitrogens with two attached hydrogens (primary N) is 1. The van der Waals surface area contributed by atoms with Gasteiger partial charge in [0.15, 0.2) is 0 Å². The van der Waals surface area contributed by atoms with E-state index in [2.05, 4.69) is 10.4 Å². The van der Waals surface area contributed by atoms with Crippen molar-refractivity contribution in [2.75, 3.05) is 13.1 Å². The summed E-state index contributed by atoms with van der Waals surface area (Å²) in [5.41, 5.74) is 8.16. The van der Waals surface area contributed by atoms with Gasteiger partial charge in [-0.25, -0.2) is 5.01 Å². The van der Waals surface area contributed by atoms with Crippen molar-refractivity contribution in [1.29, 1.82) is 5.26 Å². The molecule has 1 heterocycles. The van der Waals surface area contributed by atoms with Crippen molar-refractivity contribution in [3.63, 3.8) is 0 Å². The van der Waals surface area contributed by atoms with Crippen molar-refractivity contribution < 1.29 is 0 Å². The SMILES string of the molecule is N#CN=C(N)NN1CCCC1. The van der Waals surface area contributed by atoms with E-state index in [4.69, 9.17) is 11.0 Å². The van der Waals surface area contributed by atoms with Crippen LogP contribution in [0.1, 0.15) is 12.8 Å². The van der Waals surface area contributed by atoms with Crippen molar-refractivity contribution in [2.45, 2.75) is 12.8 Å². The molecule has 60 valence electrons. The first-order valence-electron chi connectivity index (χ1n) is 3.57. The molecular weight excluding hydrogens is 142 g/mol. The Morgan fingerprint density at radius 1 is 1.55 bits per heavy atom. The summed E-state index contributed by atoms with van der Waals surface area (Å²) in [6.45, 7) is 1.95.